The summed E-state index contributed by atoms with van der Waals surface area (Å²) in [5.74, 6) is -5.18. The van der Waals surface area contributed by atoms with Crippen LogP contribution in [0.3, 0.4) is 0 Å². The number of likely N-dealkylation sites (N-methyl/N-ethyl adjacent to an activating group) is 4. The summed E-state index contributed by atoms with van der Waals surface area (Å²) in [7, 11) is 0. The number of rotatable bonds is 17. The first-order chi connectivity index (χ1) is 32.8. The number of hydrogen-bond donors (Lipinski definition) is 0. The van der Waals surface area contributed by atoms with Gasteiger partial charge in [-0.2, -0.15) is 0 Å². The second-order valence-electron chi connectivity index (χ2n) is 14.9. The number of allylic oxidation sites excluding steroid dienone is 8. The van der Waals surface area contributed by atoms with Gasteiger partial charge in [0.1, 0.15) is 23.0 Å². The summed E-state index contributed by atoms with van der Waals surface area (Å²) in [5.41, 5.74) is 0.0119. The van der Waals surface area contributed by atoms with Gasteiger partial charge >= 0.3 is 22.4 Å². The summed E-state index contributed by atoms with van der Waals surface area (Å²) < 4.78 is 0. The fourth-order valence-corrected chi connectivity index (χ4v) is 9.03. The molecule has 70 heavy (non-hydrogen) atoms. The van der Waals surface area contributed by atoms with Crippen molar-refractivity contribution in [3.8, 4) is 0 Å². The van der Waals surface area contributed by atoms with Crippen molar-refractivity contribution < 1.29 is 60.7 Å². The fraction of sp³-hybridized carbons (Fsp3) is 0.500. The molecule has 0 aromatic carbocycles. The molecule has 0 bridgehead atoms. The maximum absolute atomic E-state index is 12.6. The Morgan fingerprint density at radius 3 is 0.757 bits per heavy atom. The predicted octanol–water partition coefficient (Wildman–Crippen LogP) is 4.61. The number of carbonyl (C=O) groups excluding carboxylic acids is 8. The van der Waals surface area contributed by atoms with Crippen molar-refractivity contribution in [2.24, 2.45) is 11.8 Å². The van der Waals surface area contributed by atoms with Gasteiger partial charge in [-0.15, -0.1) is 0 Å². The summed E-state index contributed by atoms with van der Waals surface area (Å²) in [6.07, 6.45) is 15.1. The van der Waals surface area contributed by atoms with E-state index in [4.69, 9.17) is 48.9 Å². The summed E-state index contributed by atoms with van der Waals surface area (Å²) in [6.45, 7) is 27.4. The average molecular weight is 1130 g/mol. The van der Waals surface area contributed by atoms with E-state index in [2.05, 4.69) is 25.7 Å². The van der Waals surface area contributed by atoms with Crippen molar-refractivity contribution >= 4 is 117 Å². The molecule has 0 aliphatic carbocycles. The van der Waals surface area contributed by atoms with E-state index in [9.17, 15) is 38.4 Å². The number of hydrogen-bond acceptors (Lipinski definition) is 13. The Morgan fingerprint density at radius 1 is 0.357 bits per heavy atom. The van der Waals surface area contributed by atoms with E-state index in [1.807, 2.05) is 0 Å². The molecule has 4 fully saturated rings. The zero-order valence-electron chi connectivity index (χ0n) is 41.9. The zero-order chi connectivity index (χ0) is 52.3. The largest absolute Gasteiger partial charge is 1.00 e. The number of carbonyl (C=O) groups is 8. The molecule has 17 nitrogen and oxygen atoms in total. The third-order valence-electron chi connectivity index (χ3n) is 11.3. The standard InChI is InChI=1S/2C21H26N4O4S2.C6H15N.Ag/c2*1-5-22-16(26)14(17(27)23(6-2)20(22)30)12-10-9-11-13-15-18(28)24(7-3)21(31)25(8-4)19(15)29;1-4-7(5-2)6-3;/h2*9-14H,5-8H2,1-4H3;4-6H2,1-3H3;/q;;;+1/b2*11-9+,12-10+;;. The predicted molar refractivity (Wildman–Crippen MR) is 283 cm³/mol. The van der Waals surface area contributed by atoms with E-state index in [0.717, 1.165) is 0 Å². The van der Waals surface area contributed by atoms with Crippen LogP contribution in [0.1, 0.15) is 76.2 Å². The molecule has 0 aromatic rings. The van der Waals surface area contributed by atoms with E-state index in [0.29, 0.717) is 52.4 Å². The molecule has 386 valence electrons. The number of thiocarbonyl (C=S) groups is 4. The van der Waals surface area contributed by atoms with Crippen LogP contribution in [0.4, 0.5) is 0 Å². The molecule has 4 aliphatic heterocycles. The SMILES string of the molecule is CCN(CC)CC.CCN1C(=O)C(=C/C=C/C=C/C2C(=O)N(CC)C(=S)N(CC)C2=O)C(=O)N(CC)C1=S.CCN1C(=O)C(=C/C=C/C=C/C2C(=O)N(CC)C(=S)N(CC)C2=O)C(=O)N(CC)C1=S.[Ag+]. The monoisotopic (exact) mass is 1130 g/mol. The van der Waals surface area contributed by atoms with Crippen LogP contribution in [-0.4, -0.2) is 184 Å². The van der Waals surface area contributed by atoms with Crippen LogP contribution in [0.25, 0.3) is 0 Å². The normalized spacial score (nSPS) is 18.0. The van der Waals surface area contributed by atoms with Gasteiger partial charge < -0.3 is 4.90 Å². The van der Waals surface area contributed by atoms with E-state index < -0.39 is 35.5 Å². The quantitative estimate of drug-likeness (QED) is 0.0496. The minimum Gasteiger partial charge on any atom is -0.304 e. The molecule has 0 N–H and O–H groups in total. The average Bonchev–Trinajstić information content (AvgIpc) is 3.32. The van der Waals surface area contributed by atoms with Crippen molar-refractivity contribution in [2.75, 3.05) is 72.0 Å². The Balaban J connectivity index is 0.000000608. The topological polar surface area (TPSA) is 166 Å². The Hall–Kier alpha value is -4.74. The Labute approximate surface area is 450 Å². The molecular weight excluding hydrogens is 1070 g/mol. The molecule has 4 saturated heterocycles. The third kappa shape index (κ3) is 14.7. The minimum absolute atomic E-state index is 0. The molecular formula is C48H67AgN9O8S4+. The van der Waals surface area contributed by atoms with Crippen LogP contribution in [0.5, 0.6) is 0 Å². The molecule has 4 heterocycles. The van der Waals surface area contributed by atoms with E-state index in [1.165, 1.54) is 95.3 Å². The summed E-state index contributed by atoms with van der Waals surface area (Å²) in [4.78, 5) is 114. The van der Waals surface area contributed by atoms with Crippen LogP contribution in [0, 0.1) is 11.8 Å². The zero-order valence-corrected chi connectivity index (χ0v) is 46.7. The van der Waals surface area contributed by atoms with Crippen LogP contribution >= 0.6 is 48.9 Å². The summed E-state index contributed by atoms with van der Waals surface area (Å²) in [6, 6.07) is 0. The van der Waals surface area contributed by atoms with Crippen LogP contribution < -0.4 is 0 Å². The van der Waals surface area contributed by atoms with Crippen molar-refractivity contribution in [1.29, 1.82) is 0 Å². The van der Waals surface area contributed by atoms with Crippen molar-refractivity contribution in [3.63, 3.8) is 0 Å². The van der Waals surface area contributed by atoms with Crippen molar-refractivity contribution in [3.05, 3.63) is 71.9 Å². The van der Waals surface area contributed by atoms with Gasteiger partial charge in [0.25, 0.3) is 23.6 Å². The van der Waals surface area contributed by atoms with Crippen LogP contribution in [-0.2, 0) is 60.7 Å². The van der Waals surface area contributed by atoms with Crippen LogP contribution in [0.15, 0.2) is 71.9 Å². The fourth-order valence-electron chi connectivity index (χ4n) is 7.30. The van der Waals surface area contributed by atoms with Crippen LogP contribution in [0.2, 0.25) is 0 Å². The first-order valence-electron chi connectivity index (χ1n) is 23.3. The third-order valence-corrected chi connectivity index (χ3v) is 13.1. The summed E-state index contributed by atoms with van der Waals surface area (Å²) >= 11 is 20.9. The molecule has 4 aliphatic rings. The maximum Gasteiger partial charge on any atom is 1.00 e. The Bertz CT molecular complexity index is 1960. The summed E-state index contributed by atoms with van der Waals surface area (Å²) in [5, 5.41) is 0.847. The second-order valence-corrected chi connectivity index (χ2v) is 16.4. The Morgan fingerprint density at radius 2 is 0.571 bits per heavy atom. The van der Waals surface area contributed by atoms with Crippen molar-refractivity contribution in [1.82, 2.24) is 44.1 Å². The van der Waals surface area contributed by atoms with Gasteiger partial charge in [-0.25, -0.2) is 0 Å². The molecule has 0 aromatic heterocycles. The van der Waals surface area contributed by atoms with Gasteiger partial charge in [-0.3, -0.25) is 77.6 Å². The molecule has 22 heteroatoms. The molecule has 0 radical (unpaired) electrons. The van der Waals surface area contributed by atoms with Gasteiger partial charge in [-0.05, 0) is 136 Å². The molecule has 0 spiro atoms. The first kappa shape index (κ1) is 63.3. The molecule has 8 amide bonds. The second kappa shape index (κ2) is 30.9. The maximum atomic E-state index is 12.6. The molecule has 4 rings (SSSR count). The first-order valence-corrected chi connectivity index (χ1v) is 25.0. The van der Waals surface area contributed by atoms with Gasteiger partial charge in [0.15, 0.2) is 20.4 Å². The molecule has 0 saturated carbocycles. The molecule has 0 unspecified atom stereocenters. The van der Waals surface area contributed by atoms with Gasteiger partial charge in [0.2, 0.25) is 23.6 Å². The van der Waals surface area contributed by atoms with Gasteiger partial charge in [0, 0.05) is 52.4 Å². The minimum atomic E-state index is -0.967. The number of nitrogens with zero attached hydrogens (tertiary/aromatic N) is 9. The Kier molecular flexibility index (Phi) is 27.9. The van der Waals surface area contributed by atoms with E-state index >= 15 is 0 Å². The smallest absolute Gasteiger partial charge is 0.304 e. The van der Waals surface area contributed by atoms with E-state index in [-0.39, 0.29) is 77.6 Å². The van der Waals surface area contributed by atoms with Gasteiger partial charge in [0.05, 0.1) is 0 Å². The van der Waals surface area contributed by atoms with E-state index in [1.54, 1.807) is 79.7 Å². The van der Waals surface area contributed by atoms with Gasteiger partial charge in [-0.1, -0.05) is 69.4 Å². The van der Waals surface area contributed by atoms with Crippen molar-refractivity contribution in [2.45, 2.75) is 76.2 Å². The molecule has 0 atom stereocenters. The number of amides is 8.